The average Bonchev–Trinajstić information content (AvgIpc) is 2.08. The van der Waals surface area contributed by atoms with E-state index in [0.29, 0.717) is 19.4 Å². The Balaban J connectivity index is 0. The topological polar surface area (TPSA) is 206 Å². The van der Waals surface area contributed by atoms with Crippen LogP contribution >= 0.6 is 0 Å². The lowest BCUT2D eigenvalue weighted by molar-refractivity contribution is -0.138. The third-order valence-electron chi connectivity index (χ3n) is 1.32. The Bertz CT molecular complexity index is 239. The van der Waals surface area contributed by atoms with E-state index in [1.807, 2.05) is 0 Å². The maximum Gasteiger partial charge on any atom is 0.668 e. The first-order chi connectivity index (χ1) is 7.54. The monoisotopic (exact) mass is 270 g/mol. The van der Waals surface area contributed by atoms with Gasteiger partial charge in [0.15, 0.2) is 5.96 Å². The summed E-state index contributed by atoms with van der Waals surface area (Å²) in [6.07, 6.45) is 0.975. The van der Waals surface area contributed by atoms with E-state index < -0.39 is 21.1 Å². The fourth-order valence-electron chi connectivity index (χ4n) is 0.669. The third-order valence-corrected chi connectivity index (χ3v) is 1.32. The summed E-state index contributed by atoms with van der Waals surface area (Å²) in [6, 6.07) is -0.821. The zero-order chi connectivity index (χ0) is 14.1. The molecule has 0 aromatic heterocycles. The van der Waals surface area contributed by atoms with Crippen molar-refractivity contribution in [3.63, 3.8) is 0 Å². The second-order valence-corrected chi connectivity index (χ2v) is 4.23. The highest BCUT2D eigenvalue weighted by molar-refractivity contribution is 6.46. The van der Waals surface area contributed by atoms with E-state index in [1.165, 1.54) is 0 Å². The minimum Gasteiger partial charge on any atom is -0.480 e. The molecule has 0 aliphatic rings. The molecule has 0 saturated carbocycles. The summed E-state index contributed by atoms with van der Waals surface area (Å²) < 4.78 is 0. The predicted octanol–water partition coefficient (Wildman–Crippen LogP) is -3.95. The van der Waals surface area contributed by atoms with Gasteiger partial charge in [0.25, 0.3) is 0 Å². The van der Waals surface area contributed by atoms with Gasteiger partial charge in [-0.25, -0.2) is 0 Å². The van der Waals surface area contributed by atoms with Crippen molar-refractivity contribution in [1.29, 1.82) is 5.41 Å². The number of carbonyl (C=O) groups is 1. The van der Waals surface area contributed by atoms with Gasteiger partial charge in [-0.05, 0) is 12.8 Å². The molecule has 102 valence electrons. The Morgan fingerprint density at radius 1 is 1.35 bits per heavy atom. The number of carboxylic acid groups (broad SMARTS) is 1. The second kappa shape index (κ2) is 8.86. The van der Waals surface area contributed by atoms with Crippen LogP contribution in [-0.2, 0) is 4.79 Å². The number of guanidine groups is 1. The van der Waals surface area contributed by atoms with E-state index >= 15 is 0 Å². The van der Waals surface area contributed by atoms with Gasteiger partial charge in [0.05, 0.1) is 0 Å². The molecular weight excluding hydrogens is 252 g/mol. The highest BCUT2D eigenvalue weighted by atomic mass is 28.4. The number of nitrogens with one attached hydrogen (secondary N) is 2. The van der Waals surface area contributed by atoms with Gasteiger partial charge in [0.2, 0.25) is 0 Å². The first-order valence-electron chi connectivity index (χ1n) is 4.49. The van der Waals surface area contributed by atoms with Crippen molar-refractivity contribution in [1.82, 2.24) is 5.32 Å². The number of hydrogen-bond acceptors (Lipinski definition) is 7. The van der Waals surface area contributed by atoms with Crippen LogP contribution in [0.5, 0.6) is 0 Å². The van der Waals surface area contributed by atoms with Gasteiger partial charge in [-0.15, -0.1) is 0 Å². The summed E-state index contributed by atoms with van der Waals surface area (Å²) in [6.45, 7) is 0.482. The zero-order valence-corrected chi connectivity index (χ0v) is 10.00. The minimum atomic E-state index is -4.61. The van der Waals surface area contributed by atoms with Crippen molar-refractivity contribution in [2.75, 3.05) is 6.54 Å². The van der Waals surface area contributed by atoms with Gasteiger partial charge in [-0.1, -0.05) is 0 Å². The van der Waals surface area contributed by atoms with Crippen molar-refractivity contribution in [3.05, 3.63) is 0 Å². The van der Waals surface area contributed by atoms with E-state index in [4.69, 9.17) is 41.2 Å². The van der Waals surface area contributed by atoms with Crippen LogP contribution in [0, 0.1) is 5.41 Å². The molecule has 0 unspecified atom stereocenters. The van der Waals surface area contributed by atoms with E-state index in [1.54, 1.807) is 0 Å². The van der Waals surface area contributed by atoms with Crippen LogP contribution in [0.3, 0.4) is 0 Å². The van der Waals surface area contributed by atoms with Crippen LogP contribution in [0.4, 0.5) is 0 Å². The first kappa shape index (κ1) is 18.1. The van der Waals surface area contributed by atoms with E-state index in [9.17, 15) is 4.79 Å². The maximum absolute atomic E-state index is 10.2. The molecule has 0 amide bonds. The number of carboxylic acids is 1. The standard InChI is InChI=1S/C6H14N4O2.H4O4Si/c7-4(5(11)12)2-1-3-10-6(8)9;1-5(2,3)4/h4H,1-3,7H2,(H,11,12)(H4,8,9,10);1-4H/t4-;/m0./s1. The van der Waals surface area contributed by atoms with Gasteiger partial charge in [0.1, 0.15) is 6.04 Å². The molecule has 0 aromatic rings. The van der Waals surface area contributed by atoms with Gasteiger partial charge < -0.3 is 41.1 Å². The fraction of sp³-hybridized carbons (Fsp3) is 0.667. The molecule has 10 nitrogen and oxygen atoms in total. The number of rotatable bonds is 5. The molecule has 0 spiro atoms. The van der Waals surface area contributed by atoms with Crippen LogP contribution < -0.4 is 16.8 Å². The Morgan fingerprint density at radius 2 is 1.76 bits per heavy atom. The lowest BCUT2D eigenvalue weighted by Gasteiger charge is -2.06. The van der Waals surface area contributed by atoms with Crippen LogP contribution in [0.2, 0.25) is 0 Å². The van der Waals surface area contributed by atoms with Gasteiger partial charge in [-0.2, -0.15) is 0 Å². The Hall–Kier alpha value is -1.24. The molecule has 0 aliphatic heterocycles. The van der Waals surface area contributed by atoms with Gasteiger partial charge >= 0.3 is 15.0 Å². The largest absolute Gasteiger partial charge is 0.668 e. The Morgan fingerprint density at radius 3 is 2.06 bits per heavy atom. The van der Waals surface area contributed by atoms with Crippen molar-refractivity contribution < 1.29 is 29.1 Å². The smallest absolute Gasteiger partial charge is 0.480 e. The number of aliphatic carboxylic acids is 1. The second-order valence-electron chi connectivity index (χ2n) is 3.03. The minimum absolute atomic E-state index is 0.112. The van der Waals surface area contributed by atoms with E-state index in [-0.39, 0.29) is 5.96 Å². The molecule has 0 fully saturated rings. The normalized spacial score (nSPS) is 12.1. The van der Waals surface area contributed by atoms with Crippen LogP contribution in [0.1, 0.15) is 12.8 Å². The summed E-state index contributed by atoms with van der Waals surface area (Å²) in [5.74, 6) is -1.11. The predicted molar refractivity (Wildman–Crippen MR) is 59.4 cm³/mol. The molecule has 11 heteroatoms. The molecular formula is C6H18N4O6Si. The van der Waals surface area contributed by atoms with E-state index in [0.717, 1.165) is 0 Å². The van der Waals surface area contributed by atoms with Crippen molar-refractivity contribution in [2.45, 2.75) is 18.9 Å². The highest BCUT2D eigenvalue weighted by Gasteiger charge is 2.22. The molecule has 0 bridgehead atoms. The van der Waals surface area contributed by atoms with Crippen molar-refractivity contribution in [3.8, 4) is 0 Å². The van der Waals surface area contributed by atoms with Gasteiger partial charge in [-0.3, -0.25) is 10.2 Å². The summed E-state index contributed by atoms with van der Waals surface area (Å²) in [5, 5.41) is 17.7. The Labute approximate surface area is 98.5 Å². The summed E-state index contributed by atoms with van der Waals surface area (Å²) in [7, 11) is -4.61. The lowest BCUT2D eigenvalue weighted by Crippen LogP contribution is -2.34. The molecule has 0 rings (SSSR count). The van der Waals surface area contributed by atoms with Crippen LogP contribution in [0.15, 0.2) is 0 Å². The van der Waals surface area contributed by atoms with Crippen molar-refractivity contribution >= 4 is 21.0 Å². The number of hydrogen-bond donors (Lipinski definition) is 9. The zero-order valence-electron chi connectivity index (χ0n) is 9.00. The summed E-state index contributed by atoms with van der Waals surface area (Å²) >= 11 is 0. The average molecular weight is 270 g/mol. The molecule has 0 aromatic carbocycles. The van der Waals surface area contributed by atoms with E-state index in [2.05, 4.69) is 5.32 Å². The molecule has 0 radical (unpaired) electrons. The molecule has 0 aliphatic carbocycles. The summed E-state index contributed by atoms with van der Waals surface area (Å²) in [5.41, 5.74) is 10.2. The highest BCUT2D eigenvalue weighted by Crippen LogP contribution is 1.92. The Kier molecular flexibility index (Phi) is 9.45. The van der Waals surface area contributed by atoms with Crippen molar-refractivity contribution in [2.24, 2.45) is 11.5 Å². The lowest BCUT2D eigenvalue weighted by atomic mass is 10.2. The molecule has 1 atom stereocenters. The first-order valence-corrected chi connectivity index (χ1v) is 6.28. The number of nitrogens with two attached hydrogens (primary N) is 2. The SMILES string of the molecule is N=C(N)NCCC[C@H](N)C(=O)O.O[Si](O)(O)O. The van der Waals surface area contributed by atoms with Gasteiger partial charge in [0, 0.05) is 6.54 Å². The maximum atomic E-state index is 10.2. The fourth-order valence-corrected chi connectivity index (χ4v) is 0.669. The van der Waals surface area contributed by atoms with Crippen LogP contribution in [0.25, 0.3) is 0 Å². The van der Waals surface area contributed by atoms with Crippen LogP contribution in [-0.4, -0.2) is 57.9 Å². The molecule has 0 heterocycles. The summed E-state index contributed by atoms with van der Waals surface area (Å²) in [4.78, 5) is 39.5. The molecule has 11 N–H and O–H groups in total. The molecule has 0 saturated heterocycles. The molecule has 17 heavy (non-hydrogen) atoms. The third kappa shape index (κ3) is 25.2. The quantitative estimate of drug-likeness (QED) is 0.103.